The van der Waals surface area contributed by atoms with Crippen LogP contribution >= 0.6 is 0 Å². The van der Waals surface area contributed by atoms with Crippen LogP contribution in [-0.2, 0) is 19.5 Å². The number of para-hydroxylation sites is 1. The fourth-order valence-corrected chi connectivity index (χ4v) is 3.16. The standard InChI is InChI=1S/C16H13F2NO6S/c1-24-15(20)9-6-10(16(21)25-2)8-11(7-9)26(22,23)19-14-12(17)4-3-5-13(14)18/h3-8,19H,1-2H3. The summed E-state index contributed by atoms with van der Waals surface area (Å²) in [5.41, 5.74) is -1.41. The Morgan fingerprint density at radius 3 is 1.81 bits per heavy atom. The van der Waals surface area contributed by atoms with E-state index in [0.717, 1.165) is 50.6 Å². The quantitative estimate of drug-likeness (QED) is 0.794. The number of anilines is 1. The van der Waals surface area contributed by atoms with E-state index < -0.39 is 44.2 Å². The molecule has 0 amide bonds. The van der Waals surface area contributed by atoms with Gasteiger partial charge in [-0.15, -0.1) is 0 Å². The number of sulfonamides is 1. The van der Waals surface area contributed by atoms with E-state index in [1.54, 1.807) is 4.72 Å². The first-order valence-corrected chi connectivity index (χ1v) is 8.46. The van der Waals surface area contributed by atoms with Crippen molar-refractivity contribution < 1.29 is 36.3 Å². The van der Waals surface area contributed by atoms with E-state index in [-0.39, 0.29) is 11.1 Å². The second-order valence-corrected chi connectivity index (χ2v) is 6.61. The van der Waals surface area contributed by atoms with Gasteiger partial charge in [0.25, 0.3) is 10.0 Å². The van der Waals surface area contributed by atoms with Crippen LogP contribution in [0.2, 0.25) is 0 Å². The Kier molecular flexibility index (Phi) is 5.56. The minimum absolute atomic E-state index is 0.259. The lowest BCUT2D eigenvalue weighted by Crippen LogP contribution is -2.17. The first kappa shape index (κ1) is 19.3. The fourth-order valence-electron chi connectivity index (χ4n) is 2.01. The number of nitrogens with one attached hydrogen (secondary N) is 1. The van der Waals surface area contributed by atoms with Crippen LogP contribution in [0.5, 0.6) is 0 Å². The van der Waals surface area contributed by atoms with Crippen molar-refractivity contribution in [2.75, 3.05) is 18.9 Å². The molecule has 0 spiro atoms. The maximum atomic E-state index is 13.7. The smallest absolute Gasteiger partial charge is 0.337 e. The third-order valence-corrected chi connectivity index (χ3v) is 4.59. The topological polar surface area (TPSA) is 98.8 Å². The van der Waals surface area contributed by atoms with E-state index in [9.17, 15) is 26.8 Å². The molecule has 0 atom stereocenters. The number of halogens is 2. The van der Waals surface area contributed by atoms with E-state index in [1.165, 1.54) is 0 Å². The van der Waals surface area contributed by atoms with Crippen LogP contribution in [0, 0.1) is 11.6 Å². The van der Waals surface area contributed by atoms with Gasteiger partial charge in [0.2, 0.25) is 0 Å². The number of rotatable bonds is 5. The molecular formula is C16H13F2NO6S. The van der Waals surface area contributed by atoms with E-state index in [2.05, 4.69) is 9.47 Å². The van der Waals surface area contributed by atoms with E-state index >= 15 is 0 Å². The van der Waals surface area contributed by atoms with Gasteiger partial charge < -0.3 is 9.47 Å². The minimum Gasteiger partial charge on any atom is -0.465 e. The number of carbonyl (C=O) groups excluding carboxylic acids is 2. The maximum absolute atomic E-state index is 13.7. The third kappa shape index (κ3) is 3.97. The number of carbonyl (C=O) groups is 2. The molecule has 0 saturated carbocycles. The molecule has 2 aromatic carbocycles. The average Bonchev–Trinajstić information content (AvgIpc) is 2.63. The Labute approximate surface area is 147 Å². The lowest BCUT2D eigenvalue weighted by Gasteiger charge is -2.12. The van der Waals surface area contributed by atoms with E-state index in [0.29, 0.717) is 0 Å². The number of hydrogen-bond donors (Lipinski definition) is 1. The summed E-state index contributed by atoms with van der Waals surface area (Å²) >= 11 is 0. The molecule has 138 valence electrons. The van der Waals surface area contributed by atoms with Gasteiger partial charge in [-0.1, -0.05) is 6.07 Å². The van der Waals surface area contributed by atoms with Crippen LogP contribution in [0.4, 0.5) is 14.5 Å². The number of hydrogen-bond acceptors (Lipinski definition) is 6. The van der Waals surface area contributed by atoms with Crippen LogP contribution < -0.4 is 4.72 Å². The Morgan fingerprint density at radius 2 is 1.38 bits per heavy atom. The predicted molar refractivity (Wildman–Crippen MR) is 86.3 cm³/mol. The zero-order chi connectivity index (χ0) is 19.5. The molecule has 0 fully saturated rings. The lowest BCUT2D eigenvalue weighted by atomic mass is 10.1. The number of methoxy groups -OCH3 is 2. The molecule has 26 heavy (non-hydrogen) atoms. The zero-order valence-corrected chi connectivity index (χ0v) is 14.4. The molecule has 2 aromatic rings. The molecular weight excluding hydrogens is 372 g/mol. The summed E-state index contributed by atoms with van der Waals surface area (Å²) in [5, 5.41) is 0. The third-order valence-electron chi connectivity index (χ3n) is 3.26. The molecule has 0 heterocycles. The molecule has 2 rings (SSSR count). The van der Waals surface area contributed by atoms with Crippen molar-refractivity contribution in [3.8, 4) is 0 Å². The molecule has 10 heteroatoms. The van der Waals surface area contributed by atoms with E-state index in [1.807, 2.05) is 0 Å². The molecule has 0 aromatic heterocycles. The van der Waals surface area contributed by atoms with Gasteiger partial charge in [0.15, 0.2) is 0 Å². The Bertz CT molecular complexity index is 920. The monoisotopic (exact) mass is 385 g/mol. The van der Waals surface area contributed by atoms with Crippen molar-refractivity contribution in [2.24, 2.45) is 0 Å². The van der Waals surface area contributed by atoms with Crippen molar-refractivity contribution in [2.45, 2.75) is 4.90 Å². The van der Waals surface area contributed by atoms with Gasteiger partial charge in [-0.3, -0.25) is 4.72 Å². The summed E-state index contributed by atoms with van der Waals surface area (Å²) in [7, 11) is -2.40. The van der Waals surface area contributed by atoms with Crippen LogP contribution in [0.1, 0.15) is 20.7 Å². The van der Waals surface area contributed by atoms with Crippen LogP contribution in [-0.4, -0.2) is 34.6 Å². The summed E-state index contributed by atoms with van der Waals surface area (Å²) in [5.74, 6) is -4.09. The van der Waals surface area contributed by atoms with Crippen molar-refractivity contribution >= 4 is 27.6 Å². The normalized spacial score (nSPS) is 10.9. The molecule has 0 aliphatic rings. The predicted octanol–water partition coefficient (Wildman–Crippen LogP) is 2.34. The van der Waals surface area contributed by atoms with Gasteiger partial charge in [-0.05, 0) is 30.3 Å². The molecule has 0 saturated heterocycles. The maximum Gasteiger partial charge on any atom is 0.337 e. The van der Waals surface area contributed by atoms with Crippen LogP contribution in [0.15, 0.2) is 41.3 Å². The molecule has 0 bridgehead atoms. The SMILES string of the molecule is COC(=O)c1cc(C(=O)OC)cc(S(=O)(=O)Nc2c(F)cccc2F)c1. The van der Waals surface area contributed by atoms with Gasteiger partial charge in [-0.25, -0.2) is 26.8 Å². The van der Waals surface area contributed by atoms with Crippen molar-refractivity contribution in [1.29, 1.82) is 0 Å². The molecule has 7 nitrogen and oxygen atoms in total. The first-order chi connectivity index (χ1) is 12.2. The van der Waals surface area contributed by atoms with Crippen LogP contribution in [0.3, 0.4) is 0 Å². The van der Waals surface area contributed by atoms with Gasteiger partial charge in [0.05, 0.1) is 30.2 Å². The minimum atomic E-state index is -4.53. The number of benzene rings is 2. The highest BCUT2D eigenvalue weighted by molar-refractivity contribution is 7.92. The highest BCUT2D eigenvalue weighted by atomic mass is 32.2. The molecule has 0 aliphatic heterocycles. The van der Waals surface area contributed by atoms with Crippen molar-refractivity contribution in [1.82, 2.24) is 0 Å². The fraction of sp³-hybridized carbons (Fsp3) is 0.125. The summed E-state index contributed by atoms with van der Waals surface area (Å²) in [4.78, 5) is 22.8. The Morgan fingerprint density at radius 1 is 0.923 bits per heavy atom. The van der Waals surface area contributed by atoms with Crippen molar-refractivity contribution in [3.63, 3.8) is 0 Å². The van der Waals surface area contributed by atoms with Gasteiger partial charge >= 0.3 is 11.9 Å². The van der Waals surface area contributed by atoms with Crippen LogP contribution in [0.25, 0.3) is 0 Å². The average molecular weight is 385 g/mol. The second kappa shape index (κ2) is 7.48. The highest BCUT2D eigenvalue weighted by Gasteiger charge is 2.23. The summed E-state index contributed by atoms with van der Waals surface area (Å²) in [6.45, 7) is 0. The number of ether oxygens (including phenoxy) is 2. The van der Waals surface area contributed by atoms with Gasteiger partial charge in [0.1, 0.15) is 17.3 Å². The van der Waals surface area contributed by atoms with Gasteiger partial charge in [0, 0.05) is 0 Å². The molecule has 0 radical (unpaired) electrons. The first-order valence-electron chi connectivity index (χ1n) is 6.98. The zero-order valence-electron chi connectivity index (χ0n) is 13.6. The Balaban J connectivity index is 2.57. The number of esters is 2. The summed E-state index contributed by atoms with van der Waals surface area (Å²) in [6, 6.07) is 5.67. The van der Waals surface area contributed by atoms with E-state index in [4.69, 9.17) is 0 Å². The van der Waals surface area contributed by atoms with Gasteiger partial charge in [-0.2, -0.15) is 0 Å². The second-order valence-electron chi connectivity index (χ2n) is 4.93. The lowest BCUT2D eigenvalue weighted by molar-refractivity contribution is 0.0598. The molecule has 0 unspecified atom stereocenters. The largest absolute Gasteiger partial charge is 0.465 e. The summed E-state index contributed by atoms with van der Waals surface area (Å²) in [6.07, 6.45) is 0. The Hall–Kier alpha value is -3.01. The summed E-state index contributed by atoms with van der Waals surface area (Å²) < 4.78 is 63.1. The highest BCUT2D eigenvalue weighted by Crippen LogP contribution is 2.24. The molecule has 0 aliphatic carbocycles. The molecule has 1 N–H and O–H groups in total. The van der Waals surface area contributed by atoms with Crippen molar-refractivity contribution in [3.05, 3.63) is 59.2 Å².